The summed E-state index contributed by atoms with van der Waals surface area (Å²) in [5.41, 5.74) is 2.16. The van der Waals surface area contributed by atoms with Crippen molar-refractivity contribution in [2.75, 3.05) is 6.61 Å². The van der Waals surface area contributed by atoms with Crippen LogP contribution in [0.15, 0.2) is 12.1 Å². The lowest BCUT2D eigenvalue weighted by molar-refractivity contribution is 0.0696. The van der Waals surface area contributed by atoms with Crippen LogP contribution in [0.4, 0.5) is 0 Å². The second kappa shape index (κ2) is 4.43. The average Bonchev–Trinajstić information content (AvgIpc) is 2.50. The van der Waals surface area contributed by atoms with Crippen LogP contribution in [0.1, 0.15) is 40.4 Å². The number of hydrogen-bond acceptors (Lipinski definition) is 3. The molecule has 4 nitrogen and oxygen atoms in total. The van der Waals surface area contributed by atoms with Crippen LogP contribution in [0, 0.1) is 18.3 Å². The van der Waals surface area contributed by atoms with E-state index >= 15 is 0 Å². The molecule has 4 heteroatoms. The SMILES string of the molecule is Cc1cc(C(=O)O)cc2c1COCC[C@@]2(C)C#N. The maximum Gasteiger partial charge on any atom is 0.335 e. The Bertz CT molecular complexity index is 545. The molecule has 94 valence electrons. The van der Waals surface area contributed by atoms with Crippen molar-refractivity contribution in [3.8, 4) is 6.07 Å². The fourth-order valence-electron chi connectivity index (χ4n) is 2.33. The predicted molar refractivity (Wildman–Crippen MR) is 65.4 cm³/mol. The van der Waals surface area contributed by atoms with E-state index < -0.39 is 11.4 Å². The first kappa shape index (κ1) is 12.6. The second-order valence-electron chi connectivity index (χ2n) is 4.87. The van der Waals surface area contributed by atoms with Crippen LogP contribution in [0.25, 0.3) is 0 Å². The highest BCUT2D eigenvalue weighted by atomic mass is 16.5. The van der Waals surface area contributed by atoms with Crippen LogP contribution in [0.5, 0.6) is 0 Å². The average molecular weight is 245 g/mol. The highest BCUT2D eigenvalue weighted by Crippen LogP contribution is 2.35. The zero-order valence-electron chi connectivity index (χ0n) is 10.5. The van der Waals surface area contributed by atoms with Gasteiger partial charge in [0.1, 0.15) is 0 Å². The van der Waals surface area contributed by atoms with Gasteiger partial charge in [0.15, 0.2) is 0 Å². The van der Waals surface area contributed by atoms with Crippen molar-refractivity contribution in [3.63, 3.8) is 0 Å². The minimum Gasteiger partial charge on any atom is -0.478 e. The Morgan fingerprint density at radius 2 is 2.28 bits per heavy atom. The van der Waals surface area contributed by atoms with Crippen molar-refractivity contribution in [2.24, 2.45) is 0 Å². The number of nitrogens with zero attached hydrogens (tertiary/aromatic N) is 1. The van der Waals surface area contributed by atoms with Crippen molar-refractivity contribution in [1.82, 2.24) is 0 Å². The molecule has 1 heterocycles. The molecule has 1 aliphatic rings. The number of aryl methyl sites for hydroxylation is 1. The monoisotopic (exact) mass is 245 g/mol. The third-order valence-electron chi connectivity index (χ3n) is 3.55. The lowest BCUT2D eigenvalue weighted by atomic mass is 9.77. The summed E-state index contributed by atoms with van der Waals surface area (Å²) in [6.45, 7) is 4.66. The number of carboxylic acids is 1. The summed E-state index contributed by atoms with van der Waals surface area (Å²) >= 11 is 0. The van der Waals surface area contributed by atoms with Crippen molar-refractivity contribution in [1.29, 1.82) is 5.26 Å². The number of benzene rings is 1. The molecular weight excluding hydrogens is 230 g/mol. The summed E-state index contributed by atoms with van der Waals surface area (Å²) in [5.74, 6) is -0.966. The highest BCUT2D eigenvalue weighted by Gasteiger charge is 2.32. The predicted octanol–water partition coefficient (Wildman–Crippen LogP) is 2.39. The molecule has 1 aliphatic heterocycles. The number of ether oxygens (including phenoxy) is 1. The molecule has 0 saturated heterocycles. The van der Waals surface area contributed by atoms with E-state index in [0.717, 1.165) is 16.7 Å². The number of rotatable bonds is 1. The molecule has 0 saturated carbocycles. The van der Waals surface area contributed by atoms with Gasteiger partial charge < -0.3 is 9.84 Å². The van der Waals surface area contributed by atoms with Crippen molar-refractivity contribution < 1.29 is 14.6 Å². The van der Waals surface area contributed by atoms with Crippen molar-refractivity contribution >= 4 is 5.97 Å². The molecule has 1 N–H and O–H groups in total. The van der Waals surface area contributed by atoms with Crippen LogP contribution in [-0.2, 0) is 16.8 Å². The van der Waals surface area contributed by atoms with Gasteiger partial charge in [-0.3, -0.25) is 0 Å². The molecule has 2 rings (SSSR count). The lowest BCUT2D eigenvalue weighted by Gasteiger charge is -2.22. The molecule has 1 atom stereocenters. The van der Waals surface area contributed by atoms with E-state index in [1.165, 1.54) is 0 Å². The van der Waals surface area contributed by atoms with E-state index in [4.69, 9.17) is 9.84 Å². The van der Waals surface area contributed by atoms with Crippen molar-refractivity contribution in [3.05, 3.63) is 34.4 Å². The largest absolute Gasteiger partial charge is 0.478 e. The quantitative estimate of drug-likeness (QED) is 0.824. The summed E-state index contributed by atoms with van der Waals surface area (Å²) in [5, 5.41) is 18.5. The lowest BCUT2D eigenvalue weighted by Crippen LogP contribution is -2.22. The normalized spacial score (nSPS) is 22.7. The first-order valence-electron chi connectivity index (χ1n) is 5.84. The Morgan fingerprint density at radius 1 is 1.56 bits per heavy atom. The van der Waals surface area contributed by atoms with Gasteiger partial charge in [0.2, 0.25) is 0 Å². The third-order valence-corrected chi connectivity index (χ3v) is 3.55. The smallest absolute Gasteiger partial charge is 0.335 e. The van der Waals surface area contributed by atoms with Gasteiger partial charge in [0, 0.05) is 6.61 Å². The molecule has 0 unspecified atom stereocenters. The van der Waals surface area contributed by atoms with Gasteiger partial charge in [-0.1, -0.05) is 0 Å². The Labute approximate surface area is 106 Å². The Morgan fingerprint density at radius 3 is 2.89 bits per heavy atom. The number of carbonyl (C=O) groups is 1. The maximum atomic E-state index is 11.1. The molecule has 0 radical (unpaired) electrons. The van der Waals surface area contributed by atoms with Gasteiger partial charge >= 0.3 is 5.97 Å². The van der Waals surface area contributed by atoms with E-state index in [2.05, 4.69) is 6.07 Å². The standard InChI is InChI=1S/C14H15NO3/c1-9-5-10(13(16)17)6-12-11(9)7-18-4-3-14(12,2)8-15/h5-6H,3-4,7H2,1-2H3,(H,16,17)/t14-/m0/s1. The molecule has 0 aromatic heterocycles. The molecule has 0 bridgehead atoms. The zero-order valence-corrected chi connectivity index (χ0v) is 10.5. The third kappa shape index (κ3) is 1.98. The molecule has 1 aromatic rings. The molecule has 0 amide bonds. The Balaban J connectivity index is 2.69. The summed E-state index contributed by atoms with van der Waals surface area (Å²) in [6.07, 6.45) is 0.582. The second-order valence-corrected chi connectivity index (χ2v) is 4.87. The summed E-state index contributed by atoms with van der Waals surface area (Å²) in [4.78, 5) is 11.1. The molecule has 1 aromatic carbocycles. The summed E-state index contributed by atoms with van der Waals surface area (Å²) < 4.78 is 5.50. The van der Waals surface area contributed by atoms with Crippen LogP contribution < -0.4 is 0 Å². The van der Waals surface area contributed by atoms with E-state index in [-0.39, 0.29) is 5.56 Å². The van der Waals surface area contributed by atoms with Crippen LogP contribution in [0.2, 0.25) is 0 Å². The number of aromatic carboxylic acids is 1. The van der Waals surface area contributed by atoms with Gasteiger partial charge in [-0.15, -0.1) is 0 Å². The van der Waals surface area contributed by atoms with E-state index in [1.54, 1.807) is 12.1 Å². The molecule has 0 fully saturated rings. The van der Waals surface area contributed by atoms with Gasteiger partial charge in [-0.25, -0.2) is 4.79 Å². The number of hydrogen-bond donors (Lipinski definition) is 1. The van der Waals surface area contributed by atoms with Gasteiger partial charge in [0.05, 0.1) is 23.7 Å². The molecule has 0 aliphatic carbocycles. The number of carboxylic acid groups (broad SMARTS) is 1. The van der Waals surface area contributed by atoms with E-state index in [0.29, 0.717) is 19.6 Å². The topological polar surface area (TPSA) is 70.3 Å². The highest BCUT2D eigenvalue weighted by molar-refractivity contribution is 5.88. The number of nitriles is 1. The van der Waals surface area contributed by atoms with E-state index in [9.17, 15) is 10.1 Å². The Hall–Kier alpha value is -1.86. The van der Waals surface area contributed by atoms with Crippen LogP contribution in [0.3, 0.4) is 0 Å². The number of fused-ring (bicyclic) bond motifs is 1. The van der Waals surface area contributed by atoms with Gasteiger partial charge in [-0.2, -0.15) is 5.26 Å². The summed E-state index contributed by atoms with van der Waals surface area (Å²) in [6, 6.07) is 5.54. The van der Waals surface area contributed by atoms with Gasteiger partial charge in [-0.05, 0) is 49.1 Å². The minimum absolute atomic E-state index is 0.231. The summed E-state index contributed by atoms with van der Waals surface area (Å²) in [7, 11) is 0. The van der Waals surface area contributed by atoms with Crippen molar-refractivity contribution in [2.45, 2.75) is 32.3 Å². The molecular formula is C14H15NO3. The first-order valence-corrected chi connectivity index (χ1v) is 5.84. The minimum atomic E-state index is -0.966. The van der Waals surface area contributed by atoms with E-state index in [1.807, 2.05) is 13.8 Å². The van der Waals surface area contributed by atoms with Gasteiger partial charge in [0.25, 0.3) is 0 Å². The first-order chi connectivity index (χ1) is 8.48. The molecule has 0 spiro atoms. The fourth-order valence-corrected chi connectivity index (χ4v) is 2.33. The van der Waals surface area contributed by atoms with Crippen LogP contribution >= 0.6 is 0 Å². The Kier molecular flexibility index (Phi) is 3.10. The molecule has 18 heavy (non-hydrogen) atoms. The fraction of sp³-hybridized carbons (Fsp3) is 0.429. The maximum absolute atomic E-state index is 11.1. The van der Waals surface area contributed by atoms with Crippen LogP contribution in [-0.4, -0.2) is 17.7 Å². The zero-order chi connectivity index (χ0) is 13.3.